The van der Waals surface area contributed by atoms with Gasteiger partial charge in [-0.1, -0.05) is 6.92 Å². The number of carbonyl (C=O) groups excluding carboxylic acids is 1. The van der Waals surface area contributed by atoms with Gasteiger partial charge in [-0.3, -0.25) is 4.79 Å². The largest absolute Gasteiger partial charge is 0.376 e. The molecule has 1 amide bonds. The molecule has 0 bridgehead atoms. The molecule has 0 aliphatic carbocycles. The first-order chi connectivity index (χ1) is 7.71. The number of piperidine rings is 1. The van der Waals surface area contributed by atoms with E-state index in [4.69, 9.17) is 4.74 Å². The zero-order chi connectivity index (χ0) is 11.4. The molecule has 0 saturated carbocycles. The van der Waals surface area contributed by atoms with Crippen LogP contribution in [0.15, 0.2) is 0 Å². The molecule has 0 spiro atoms. The maximum absolute atomic E-state index is 12.1. The van der Waals surface area contributed by atoms with Crippen molar-refractivity contribution in [1.82, 2.24) is 10.6 Å². The molecular formula is C12H22N2O2. The Kier molecular flexibility index (Phi) is 3.82. The Balaban J connectivity index is 1.77. The third-order valence-electron chi connectivity index (χ3n) is 3.77. The first-order valence-corrected chi connectivity index (χ1v) is 6.31. The predicted molar refractivity (Wildman–Crippen MR) is 62.2 cm³/mol. The van der Waals surface area contributed by atoms with Crippen molar-refractivity contribution in [3.63, 3.8) is 0 Å². The Hall–Kier alpha value is -0.610. The van der Waals surface area contributed by atoms with Crippen molar-refractivity contribution in [1.29, 1.82) is 0 Å². The summed E-state index contributed by atoms with van der Waals surface area (Å²) in [6, 6.07) is 0. The Labute approximate surface area is 97.1 Å². The lowest BCUT2D eigenvalue weighted by Crippen LogP contribution is -2.47. The molecule has 2 aliphatic heterocycles. The Morgan fingerprint density at radius 3 is 2.88 bits per heavy atom. The molecule has 1 atom stereocenters. The Morgan fingerprint density at radius 2 is 2.25 bits per heavy atom. The van der Waals surface area contributed by atoms with E-state index in [1.165, 1.54) is 0 Å². The summed E-state index contributed by atoms with van der Waals surface area (Å²) in [5.74, 6) is 0.199. The third-order valence-corrected chi connectivity index (χ3v) is 3.77. The highest BCUT2D eigenvalue weighted by molar-refractivity contribution is 5.82. The van der Waals surface area contributed by atoms with Crippen LogP contribution in [0, 0.1) is 5.41 Å². The number of amides is 1. The van der Waals surface area contributed by atoms with Gasteiger partial charge in [0.15, 0.2) is 0 Å². The minimum absolute atomic E-state index is 0.177. The zero-order valence-corrected chi connectivity index (χ0v) is 10.1. The highest BCUT2D eigenvalue weighted by atomic mass is 16.5. The van der Waals surface area contributed by atoms with Gasteiger partial charge in [-0.15, -0.1) is 0 Å². The normalized spacial score (nSPS) is 28.9. The molecular weight excluding hydrogens is 204 g/mol. The molecule has 2 fully saturated rings. The molecule has 2 saturated heterocycles. The molecule has 2 N–H and O–H groups in total. The van der Waals surface area contributed by atoms with Crippen molar-refractivity contribution >= 4 is 5.91 Å². The van der Waals surface area contributed by atoms with E-state index in [0.29, 0.717) is 6.54 Å². The lowest BCUT2D eigenvalue weighted by molar-refractivity contribution is -0.132. The van der Waals surface area contributed by atoms with Crippen LogP contribution in [0.3, 0.4) is 0 Å². The summed E-state index contributed by atoms with van der Waals surface area (Å²) >= 11 is 0. The summed E-state index contributed by atoms with van der Waals surface area (Å²) in [4.78, 5) is 12.1. The van der Waals surface area contributed by atoms with Gasteiger partial charge >= 0.3 is 0 Å². The fourth-order valence-corrected chi connectivity index (χ4v) is 2.43. The Morgan fingerprint density at radius 1 is 1.50 bits per heavy atom. The molecule has 2 aliphatic rings. The van der Waals surface area contributed by atoms with Crippen LogP contribution in [0.1, 0.15) is 32.6 Å². The van der Waals surface area contributed by atoms with Crippen LogP contribution in [0.25, 0.3) is 0 Å². The van der Waals surface area contributed by atoms with Crippen LogP contribution >= 0.6 is 0 Å². The van der Waals surface area contributed by atoms with Crippen LogP contribution in [-0.2, 0) is 9.53 Å². The molecule has 1 unspecified atom stereocenters. The van der Waals surface area contributed by atoms with Gasteiger partial charge in [-0.05, 0) is 38.8 Å². The molecule has 2 rings (SSSR count). The number of ether oxygens (including phenoxy) is 1. The van der Waals surface area contributed by atoms with E-state index in [2.05, 4.69) is 17.6 Å². The van der Waals surface area contributed by atoms with E-state index in [0.717, 1.165) is 45.4 Å². The molecule has 4 heteroatoms. The summed E-state index contributed by atoms with van der Waals surface area (Å²) < 4.78 is 5.50. The summed E-state index contributed by atoms with van der Waals surface area (Å²) in [5, 5.41) is 6.33. The van der Waals surface area contributed by atoms with E-state index in [9.17, 15) is 4.79 Å². The molecule has 4 nitrogen and oxygen atoms in total. The molecule has 0 radical (unpaired) electrons. The smallest absolute Gasteiger partial charge is 0.226 e. The third kappa shape index (κ3) is 2.74. The van der Waals surface area contributed by atoms with Crippen LogP contribution < -0.4 is 10.6 Å². The number of rotatable bonds is 3. The van der Waals surface area contributed by atoms with E-state index < -0.39 is 0 Å². The van der Waals surface area contributed by atoms with Crippen molar-refractivity contribution < 1.29 is 9.53 Å². The SMILES string of the molecule is CC1(C(=O)NCC2CCCO2)CCNCC1. The van der Waals surface area contributed by atoms with Crippen LogP contribution in [0.2, 0.25) is 0 Å². The van der Waals surface area contributed by atoms with Gasteiger partial charge in [0.25, 0.3) is 0 Å². The molecule has 0 aromatic carbocycles. The number of nitrogens with one attached hydrogen (secondary N) is 2. The van der Waals surface area contributed by atoms with Crippen LogP contribution in [-0.4, -0.2) is 38.3 Å². The molecule has 92 valence electrons. The van der Waals surface area contributed by atoms with Crippen molar-refractivity contribution in [2.24, 2.45) is 5.41 Å². The van der Waals surface area contributed by atoms with Gasteiger partial charge < -0.3 is 15.4 Å². The monoisotopic (exact) mass is 226 g/mol. The van der Waals surface area contributed by atoms with Gasteiger partial charge in [-0.25, -0.2) is 0 Å². The van der Waals surface area contributed by atoms with Crippen LogP contribution in [0.4, 0.5) is 0 Å². The maximum Gasteiger partial charge on any atom is 0.226 e. The van der Waals surface area contributed by atoms with Crippen molar-refractivity contribution in [2.45, 2.75) is 38.7 Å². The predicted octanol–water partition coefficient (Wildman–Crippen LogP) is 0.671. The summed E-state index contributed by atoms with van der Waals surface area (Å²) in [7, 11) is 0. The van der Waals surface area contributed by atoms with Gasteiger partial charge in [0, 0.05) is 18.6 Å². The average molecular weight is 226 g/mol. The minimum Gasteiger partial charge on any atom is -0.376 e. The topological polar surface area (TPSA) is 50.4 Å². The van der Waals surface area contributed by atoms with Gasteiger partial charge in [-0.2, -0.15) is 0 Å². The second kappa shape index (κ2) is 5.15. The summed E-state index contributed by atoms with van der Waals surface area (Å²) in [6.07, 6.45) is 4.32. The van der Waals surface area contributed by atoms with E-state index in [-0.39, 0.29) is 17.4 Å². The molecule has 16 heavy (non-hydrogen) atoms. The standard InChI is InChI=1S/C12H22N2O2/c1-12(4-6-13-7-5-12)11(15)14-9-10-3-2-8-16-10/h10,13H,2-9H2,1H3,(H,14,15). The first kappa shape index (κ1) is 11.9. The second-order valence-corrected chi connectivity index (χ2v) is 5.16. The summed E-state index contributed by atoms with van der Waals surface area (Å²) in [5.41, 5.74) is -0.177. The first-order valence-electron chi connectivity index (χ1n) is 6.31. The van der Waals surface area contributed by atoms with Crippen molar-refractivity contribution in [2.75, 3.05) is 26.2 Å². The van der Waals surface area contributed by atoms with Crippen molar-refractivity contribution in [3.05, 3.63) is 0 Å². The molecule has 0 aromatic heterocycles. The fourth-order valence-electron chi connectivity index (χ4n) is 2.43. The highest BCUT2D eigenvalue weighted by Crippen LogP contribution is 2.28. The number of hydrogen-bond acceptors (Lipinski definition) is 3. The quantitative estimate of drug-likeness (QED) is 0.743. The number of hydrogen-bond donors (Lipinski definition) is 2. The molecule has 2 heterocycles. The van der Waals surface area contributed by atoms with Crippen LogP contribution in [0.5, 0.6) is 0 Å². The van der Waals surface area contributed by atoms with Gasteiger partial charge in [0.1, 0.15) is 0 Å². The molecule has 0 aromatic rings. The van der Waals surface area contributed by atoms with Gasteiger partial charge in [0.2, 0.25) is 5.91 Å². The summed E-state index contributed by atoms with van der Waals surface area (Å²) in [6.45, 7) is 5.50. The van der Waals surface area contributed by atoms with E-state index in [1.807, 2.05) is 0 Å². The van der Waals surface area contributed by atoms with E-state index >= 15 is 0 Å². The maximum atomic E-state index is 12.1. The lowest BCUT2D eigenvalue weighted by atomic mass is 9.80. The fraction of sp³-hybridized carbons (Fsp3) is 0.917. The zero-order valence-electron chi connectivity index (χ0n) is 10.1. The van der Waals surface area contributed by atoms with Gasteiger partial charge in [0.05, 0.1) is 6.10 Å². The Bertz CT molecular complexity index is 243. The lowest BCUT2D eigenvalue weighted by Gasteiger charge is -2.32. The highest BCUT2D eigenvalue weighted by Gasteiger charge is 2.34. The van der Waals surface area contributed by atoms with E-state index in [1.54, 1.807) is 0 Å². The number of carbonyl (C=O) groups is 1. The average Bonchev–Trinajstić information content (AvgIpc) is 2.79. The minimum atomic E-state index is -0.177. The van der Waals surface area contributed by atoms with Crippen molar-refractivity contribution in [3.8, 4) is 0 Å². The second-order valence-electron chi connectivity index (χ2n) is 5.16.